The molecular weight excluding hydrogens is 246 g/mol. The highest BCUT2D eigenvalue weighted by molar-refractivity contribution is 5.79. The van der Waals surface area contributed by atoms with Gasteiger partial charge in [-0.2, -0.15) is 0 Å². The second kappa shape index (κ2) is 5.56. The molecule has 1 aromatic carbocycles. The van der Waals surface area contributed by atoms with Gasteiger partial charge in [0.05, 0.1) is 0 Å². The zero-order valence-electron chi connectivity index (χ0n) is 10.8. The summed E-state index contributed by atoms with van der Waals surface area (Å²) in [5.41, 5.74) is 0.0245. The van der Waals surface area contributed by atoms with Crippen LogP contribution in [0.2, 0.25) is 0 Å². The highest BCUT2D eigenvalue weighted by Gasteiger charge is 2.05. The number of benzene rings is 1. The van der Waals surface area contributed by atoms with E-state index in [2.05, 4.69) is 5.32 Å². The Bertz CT molecular complexity index is 645. The lowest BCUT2D eigenvalue weighted by Crippen LogP contribution is -2.34. The Kier molecular flexibility index (Phi) is 3.85. The number of carbonyl (C=O) groups excluding carboxylic acids is 1. The minimum Gasteiger partial charge on any atom is -0.484 e. The largest absolute Gasteiger partial charge is 0.484 e. The lowest BCUT2D eigenvalue weighted by molar-refractivity contribution is -0.123. The van der Waals surface area contributed by atoms with Crippen LogP contribution < -0.4 is 15.7 Å². The van der Waals surface area contributed by atoms with Crippen molar-refractivity contribution in [3.05, 3.63) is 40.8 Å². The molecule has 0 saturated carbocycles. The van der Waals surface area contributed by atoms with Crippen LogP contribution in [-0.4, -0.2) is 18.6 Å². The summed E-state index contributed by atoms with van der Waals surface area (Å²) < 4.78 is 10.4. The highest BCUT2D eigenvalue weighted by atomic mass is 16.5. The fourth-order valence-electron chi connectivity index (χ4n) is 1.64. The number of carbonyl (C=O) groups is 1. The smallest absolute Gasteiger partial charge is 0.336 e. The van der Waals surface area contributed by atoms with Crippen molar-refractivity contribution in [3.63, 3.8) is 0 Å². The average Bonchev–Trinajstić information content (AvgIpc) is 2.35. The second-order valence-electron chi connectivity index (χ2n) is 4.46. The van der Waals surface area contributed by atoms with Crippen molar-refractivity contribution in [1.29, 1.82) is 0 Å². The molecule has 0 radical (unpaired) electrons. The van der Waals surface area contributed by atoms with E-state index in [1.807, 2.05) is 13.8 Å². The molecule has 0 unspecified atom stereocenters. The Balaban J connectivity index is 2.09. The van der Waals surface area contributed by atoms with Crippen molar-refractivity contribution < 1.29 is 13.9 Å². The fourth-order valence-corrected chi connectivity index (χ4v) is 1.64. The molecule has 0 spiro atoms. The molecule has 0 aliphatic carbocycles. The second-order valence-corrected chi connectivity index (χ2v) is 4.46. The van der Waals surface area contributed by atoms with Crippen molar-refractivity contribution in [2.45, 2.75) is 19.9 Å². The summed E-state index contributed by atoms with van der Waals surface area (Å²) in [6.45, 7) is 3.69. The van der Waals surface area contributed by atoms with Crippen molar-refractivity contribution in [2.75, 3.05) is 6.61 Å². The van der Waals surface area contributed by atoms with Gasteiger partial charge in [-0.15, -0.1) is 0 Å². The van der Waals surface area contributed by atoms with Gasteiger partial charge in [0.2, 0.25) is 0 Å². The van der Waals surface area contributed by atoms with Crippen LogP contribution in [-0.2, 0) is 4.79 Å². The molecule has 0 atom stereocenters. The van der Waals surface area contributed by atoms with E-state index in [1.165, 1.54) is 6.07 Å². The molecule has 5 nitrogen and oxygen atoms in total. The van der Waals surface area contributed by atoms with Crippen LogP contribution in [0.25, 0.3) is 11.0 Å². The number of fused-ring (bicyclic) bond motifs is 1. The molecule has 1 aromatic heterocycles. The van der Waals surface area contributed by atoms with Gasteiger partial charge in [-0.25, -0.2) is 4.79 Å². The molecular formula is C14H15NO4. The number of hydrogen-bond donors (Lipinski definition) is 1. The van der Waals surface area contributed by atoms with Crippen LogP contribution in [0.3, 0.4) is 0 Å². The zero-order chi connectivity index (χ0) is 13.8. The quantitative estimate of drug-likeness (QED) is 0.850. The average molecular weight is 261 g/mol. The van der Waals surface area contributed by atoms with E-state index in [9.17, 15) is 9.59 Å². The van der Waals surface area contributed by atoms with E-state index >= 15 is 0 Å². The van der Waals surface area contributed by atoms with Crippen LogP contribution >= 0.6 is 0 Å². The molecule has 5 heteroatoms. The van der Waals surface area contributed by atoms with Gasteiger partial charge in [0.15, 0.2) is 6.61 Å². The van der Waals surface area contributed by atoms with Crippen LogP contribution in [0.4, 0.5) is 0 Å². The number of nitrogens with one attached hydrogen (secondary N) is 1. The first-order chi connectivity index (χ1) is 9.04. The third-order valence-electron chi connectivity index (χ3n) is 2.41. The molecule has 0 bridgehead atoms. The zero-order valence-corrected chi connectivity index (χ0v) is 10.8. The third kappa shape index (κ3) is 3.58. The molecule has 19 heavy (non-hydrogen) atoms. The standard InChI is InChI=1S/C14H15NO4/c1-9(2)15-13(16)8-18-11-5-3-10-4-6-14(17)19-12(10)7-11/h3-7,9H,8H2,1-2H3,(H,15,16). The molecule has 100 valence electrons. The van der Waals surface area contributed by atoms with Crippen LogP contribution in [0.15, 0.2) is 39.5 Å². The van der Waals surface area contributed by atoms with E-state index < -0.39 is 5.63 Å². The van der Waals surface area contributed by atoms with E-state index in [0.717, 1.165) is 5.39 Å². The van der Waals surface area contributed by atoms with Gasteiger partial charge in [-0.3, -0.25) is 4.79 Å². The third-order valence-corrected chi connectivity index (χ3v) is 2.41. The van der Waals surface area contributed by atoms with Gasteiger partial charge >= 0.3 is 5.63 Å². The number of hydrogen-bond acceptors (Lipinski definition) is 4. The van der Waals surface area contributed by atoms with Gasteiger partial charge in [0.25, 0.3) is 5.91 Å². The summed E-state index contributed by atoms with van der Waals surface area (Å²) in [5.74, 6) is 0.297. The lowest BCUT2D eigenvalue weighted by atomic mass is 10.2. The molecule has 0 fully saturated rings. The number of amides is 1. The summed E-state index contributed by atoms with van der Waals surface area (Å²) >= 11 is 0. The van der Waals surface area contributed by atoms with E-state index in [-0.39, 0.29) is 18.6 Å². The Morgan fingerprint density at radius 2 is 2.05 bits per heavy atom. The SMILES string of the molecule is CC(C)NC(=O)COc1ccc2ccc(=O)oc2c1. The first-order valence-electron chi connectivity index (χ1n) is 6.00. The number of ether oxygens (including phenoxy) is 1. The van der Waals surface area contributed by atoms with Gasteiger partial charge in [-0.05, 0) is 32.0 Å². The van der Waals surface area contributed by atoms with Gasteiger partial charge in [0, 0.05) is 23.6 Å². The first kappa shape index (κ1) is 13.1. The van der Waals surface area contributed by atoms with E-state index in [0.29, 0.717) is 11.3 Å². The van der Waals surface area contributed by atoms with E-state index in [4.69, 9.17) is 9.15 Å². The minimum atomic E-state index is -0.415. The topological polar surface area (TPSA) is 68.5 Å². The summed E-state index contributed by atoms with van der Waals surface area (Å²) in [7, 11) is 0. The molecule has 1 N–H and O–H groups in total. The Morgan fingerprint density at radius 3 is 2.79 bits per heavy atom. The van der Waals surface area contributed by atoms with Crippen LogP contribution in [0, 0.1) is 0 Å². The fraction of sp³-hybridized carbons (Fsp3) is 0.286. The predicted octanol–water partition coefficient (Wildman–Crippen LogP) is 1.70. The number of rotatable bonds is 4. The predicted molar refractivity (Wildman–Crippen MR) is 71.3 cm³/mol. The van der Waals surface area contributed by atoms with Crippen LogP contribution in [0.1, 0.15) is 13.8 Å². The molecule has 0 aliphatic heterocycles. The Labute approximate surface area is 110 Å². The van der Waals surface area contributed by atoms with Crippen molar-refractivity contribution in [2.24, 2.45) is 0 Å². The van der Waals surface area contributed by atoms with Crippen molar-refractivity contribution in [3.8, 4) is 5.75 Å². The molecule has 2 rings (SSSR count). The van der Waals surface area contributed by atoms with Crippen molar-refractivity contribution in [1.82, 2.24) is 5.32 Å². The summed E-state index contributed by atoms with van der Waals surface area (Å²) in [6.07, 6.45) is 0. The molecule has 0 aliphatic rings. The normalized spacial score (nSPS) is 10.7. The lowest BCUT2D eigenvalue weighted by Gasteiger charge is -2.09. The minimum absolute atomic E-state index is 0.0687. The monoisotopic (exact) mass is 261 g/mol. The summed E-state index contributed by atoms with van der Waals surface area (Å²) in [5, 5.41) is 3.53. The van der Waals surface area contributed by atoms with Gasteiger partial charge in [-0.1, -0.05) is 0 Å². The summed E-state index contributed by atoms with van der Waals surface area (Å²) in [4.78, 5) is 22.5. The maximum atomic E-state index is 11.4. The first-order valence-corrected chi connectivity index (χ1v) is 6.00. The molecule has 1 amide bonds. The Morgan fingerprint density at radius 1 is 1.32 bits per heavy atom. The molecule has 1 heterocycles. The van der Waals surface area contributed by atoms with Gasteiger partial charge in [0.1, 0.15) is 11.3 Å². The van der Waals surface area contributed by atoms with Crippen LogP contribution in [0.5, 0.6) is 5.75 Å². The summed E-state index contributed by atoms with van der Waals surface area (Å²) in [6, 6.07) is 8.21. The van der Waals surface area contributed by atoms with Crippen molar-refractivity contribution >= 4 is 16.9 Å². The highest BCUT2D eigenvalue weighted by Crippen LogP contribution is 2.19. The molecule has 0 saturated heterocycles. The van der Waals surface area contributed by atoms with Gasteiger partial charge < -0.3 is 14.5 Å². The maximum absolute atomic E-state index is 11.4. The maximum Gasteiger partial charge on any atom is 0.336 e. The molecule has 2 aromatic rings. The Hall–Kier alpha value is -2.30. The van der Waals surface area contributed by atoms with E-state index in [1.54, 1.807) is 24.3 Å².